The molecular weight excluding hydrogens is 302 g/mol. The summed E-state index contributed by atoms with van der Waals surface area (Å²) in [4.78, 5) is 29.1. The van der Waals surface area contributed by atoms with Crippen LogP contribution in [0.1, 0.15) is 10.4 Å². The van der Waals surface area contributed by atoms with E-state index in [4.69, 9.17) is 5.11 Å². The molecule has 112 valence electrons. The number of thioether (sulfide) groups is 1. The second-order valence-electron chi connectivity index (χ2n) is 4.64. The Bertz CT molecular complexity index is 718. The number of carbonyl (C=O) groups excluding carboxylic acids is 1. The number of carboxylic acids is 1. The number of hydrogen-bond acceptors (Lipinski definition) is 4. The molecule has 3 rings (SSSR count). The predicted octanol–water partition coefficient (Wildman–Crippen LogP) is 2.92. The molecule has 2 heterocycles. The summed E-state index contributed by atoms with van der Waals surface area (Å²) in [6.45, 7) is 0.600. The first-order valence-electron chi connectivity index (χ1n) is 6.65. The normalized spacial score (nSPS) is 13.4. The number of carbonyl (C=O) groups is 2. The van der Waals surface area contributed by atoms with Crippen LogP contribution >= 0.6 is 11.8 Å². The Hall–Kier alpha value is -2.54. The lowest BCUT2D eigenvalue weighted by molar-refractivity contribution is 0.0697. The minimum Gasteiger partial charge on any atom is -0.478 e. The summed E-state index contributed by atoms with van der Waals surface area (Å²) in [5.74, 6) is -0.207. The van der Waals surface area contributed by atoms with E-state index in [1.54, 1.807) is 41.1 Å². The number of aromatic nitrogens is 1. The van der Waals surface area contributed by atoms with E-state index in [-0.39, 0.29) is 11.6 Å². The van der Waals surface area contributed by atoms with Gasteiger partial charge < -0.3 is 10.4 Å². The van der Waals surface area contributed by atoms with E-state index < -0.39 is 5.97 Å². The minimum atomic E-state index is -0.995. The van der Waals surface area contributed by atoms with E-state index in [1.807, 2.05) is 6.07 Å². The molecular formula is C15H13N3O3S. The fraction of sp³-hybridized carbons (Fsp3) is 0.133. The predicted molar refractivity (Wildman–Crippen MR) is 84.7 cm³/mol. The monoisotopic (exact) mass is 315 g/mol. The van der Waals surface area contributed by atoms with Gasteiger partial charge in [0.1, 0.15) is 5.03 Å². The summed E-state index contributed by atoms with van der Waals surface area (Å²) in [6.07, 6.45) is 1.71. The Balaban J connectivity index is 1.76. The highest BCUT2D eigenvalue weighted by Gasteiger charge is 2.23. The zero-order valence-electron chi connectivity index (χ0n) is 11.5. The van der Waals surface area contributed by atoms with Crippen molar-refractivity contribution in [2.45, 2.75) is 5.03 Å². The van der Waals surface area contributed by atoms with Crippen molar-refractivity contribution >= 4 is 35.1 Å². The van der Waals surface area contributed by atoms with Gasteiger partial charge in [-0.05, 0) is 36.4 Å². The van der Waals surface area contributed by atoms with Crippen LogP contribution in [-0.4, -0.2) is 34.4 Å². The highest BCUT2D eigenvalue weighted by Crippen LogP contribution is 2.32. The number of urea groups is 1. The molecule has 2 amide bonds. The molecule has 0 saturated heterocycles. The second-order valence-corrected chi connectivity index (χ2v) is 5.72. The summed E-state index contributed by atoms with van der Waals surface area (Å²) >= 11 is 1.62. The summed E-state index contributed by atoms with van der Waals surface area (Å²) in [5.41, 5.74) is 1.53. The Kier molecular flexibility index (Phi) is 3.97. The lowest BCUT2D eigenvalue weighted by Gasteiger charge is -2.28. The number of benzene rings is 1. The van der Waals surface area contributed by atoms with Crippen molar-refractivity contribution in [1.29, 1.82) is 0 Å². The maximum atomic E-state index is 12.4. The first-order chi connectivity index (χ1) is 10.6. The largest absolute Gasteiger partial charge is 0.478 e. The number of pyridine rings is 1. The van der Waals surface area contributed by atoms with E-state index in [2.05, 4.69) is 10.3 Å². The molecule has 6 nitrogen and oxygen atoms in total. The third-order valence-electron chi connectivity index (χ3n) is 3.22. The van der Waals surface area contributed by atoms with E-state index in [1.165, 1.54) is 12.1 Å². The number of anilines is 2. The van der Waals surface area contributed by atoms with Crippen molar-refractivity contribution in [2.75, 3.05) is 22.5 Å². The van der Waals surface area contributed by atoms with Crippen LogP contribution in [0.2, 0.25) is 0 Å². The smallest absolute Gasteiger partial charge is 0.335 e. The van der Waals surface area contributed by atoms with Gasteiger partial charge in [-0.1, -0.05) is 0 Å². The maximum Gasteiger partial charge on any atom is 0.335 e. The molecule has 2 aromatic rings. The Morgan fingerprint density at radius 3 is 2.73 bits per heavy atom. The topological polar surface area (TPSA) is 82.5 Å². The van der Waals surface area contributed by atoms with Gasteiger partial charge in [0.05, 0.1) is 11.3 Å². The van der Waals surface area contributed by atoms with Crippen molar-refractivity contribution in [3.8, 4) is 0 Å². The molecule has 0 unspecified atom stereocenters. The number of rotatable bonds is 2. The molecule has 1 aliphatic heterocycles. The number of hydrogen-bond donors (Lipinski definition) is 2. The summed E-state index contributed by atoms with van der Waals surface area (Å²) in [7, 11) is 0. The molecule has 1 aromatic heterocycles. The van der Waals surface area contributed by atoms with Crippen molar-refractivity contribution in [1.82, 2.24) is 4.98 Å². The lowest BCUT2D eigenvalue weighted by atomic mass is 10.2. The SMILES string of the molecule is O=C(O)c1ccc(NC(=O)N2CCSc3ncccc32)cc1. The molecule has 22 heavy (non-hydrogen) atoms. The van der Waals surface area contributed by atoms with Crippen molar-refractivity contribution in [3.05, 3.63) is 48.2 Å². The Morgan fingerprint density at radius 1 is 1.23 bits per heavy atom. The molecule has 0 fully saturated rings. The molecule has 1 aromatic carbocycles. The average Bonchev–Trinajstić information content (AvgIpc) is 2.54. The fourth-order valence-corrected chi connectivity index (χ4v) is 3.08. The number of nitrogens with zero attached hydrogens (tertiary/aromatic N) is 2. The second kappa shape index (κ2) is 6.07. The highest BCUT2D eigenvalue weighted by atomic mass is 32.2. The van der Waals surface area contributed by atoms with Crippen molar-refractivity contribution in [3.63, 3.8) is 0 Å². The molecule has 0 atom stereocenters. The number of carboxylic acid groups (broad SMARTS) is 1. The first-order valence-corrected chi connectivity index (χ1v) is 7.63. The lowest BCUT2D eigenvalue weighted by Crippen LogP contribution is -2.38. The van der Waals surface area contributed by atoms with Crippen LogP contribution in [0.25, 0.3) is 0 Å². The maximum absolute atomic E-state index is 12.4. The van der Waals surface area contributed by atoms with Crippen molar-refractivity contribution < 1.29 is 14.7 Å². The van der Waals surface area contributed by atoms with Gasteiger partial charge in [-0.3, -0.25) is 4.90 Å². The van der Waals surface area contributed by atoms with E-state index >= 15 is 0 Å². The molecule has 0 saturated carbocycles. The van der Waals surface area contributed by atoms with Gasteiger partial charge in [0.25, 0.3) is 0 Å². The van der Waals surface area contributed by atoms with Crippen molar-refractivity contribution in [2.24, 2.45) is 0 Å². The van der Waals surface area contributed by atoms with Crippen LogP contribution in [0.4, 0.5) is 16.2 Å². The van der Waals surface area contributed by atoms with Gasteiger partial charge in [-0.25, -0.2) is 14.6 Å². The molecule has 7 heteroatoms. The molecule has 2 N–H and O–H groups in total. The van der Waals surface area contributed by atoms with Gasteiger partial charge in [0.15, 0.2) is 0 Å². The minimum absolute atomic E-state index is 0.182. The van der Waals surface area contributed by atoms with Gasteiger partial charge in [0.2, 0.25) is 0 Å². The average molecular weight is 315 g/mol. The molecule has 1 aliphatic rings. The molecule has 0 aliphatic carbocycles. The van der Waals surface area contributed by atoms with Crippen LogP contribution < -0.4 is 10.2 Å². The van der Waals surface area contributed by atoms with Crippen LogP contribution in [0.3, 0.4) is 0 Å². The molecule has 0 bridgehead atoms. The summed E-state index contributed by atoms with van der Waals surface area (Å²) in [6, 6.07) is 9.47. The van der Waals surface area contributed by atoms with Gasteiger partial charge in [-0.15, -0.1) is 11.8 Å². The fourth-order valence-electron chi connectivity index (χ4n) is 2.15. The summed E-state index contributed by atoms with van der Waals surface area (Å²) in [5, 5.41) is 12.5. The highest BCUT2D eigenvalue weighted by molar-refractivity contribution is 7.99. The standard InChI is InChI=1S/C15H13N3O3S/c19-14(20)10-3-5-11(6-4-10)17-15(21)18-8-9-22-13-12(18)2-1-7-16-13/h1-7H,8-9H2,(H,17,21)(H,19,20). The van der Waals surface area contributed by atoms with Crippen LogP contribution in [-0.2, 0) is 0 Å². The number of nitrogens with one attached hydrogen (secondary N) is 1. The van der Waals surface area contributed by atoms with Crippen LogP contribution in [0.15, 0.2) is 47.6 Å². The molecule has 0 radical (unpaired) electrons. The van der Waals surface area contributed by atoms with Crippen LogP contribution in [0, 0.1) is 0 Å². The number of amides is 2. The first kappa shape index (κ1) is 14.4. The zero-order valence-corrected chi connectivity index (χ0v) is 12.3. The van der Waals surface area contributed by atoms with E-state index in [9.17, 15) is 9.59 Å². The van der Waals surface area contributed by atoms with Gasteiger partial charge in [-0.2, -0.15) is 0 Å². The summed E-state index contributed by atoms with van der Waals surface area (Å²) < 4.78 is 0. The van der Waals surface area contributed by atoms with Crippen LogP contribution in [0.5, 0.6) is 0 Å². The van der Waals surface area contributed by atoms with Gasteiger partial charge >= 0.3 is 12.0 Å². The van der Waals surface area contributed by atoms with Gasteiger partial charge in [0, 0.05) is 24.2 Å². The van der Waals surface area contributed by atoms with E-state index in [0.29, 0.717) is 12.2 Å². The number of fused-ring (bicyclic) bond motifs is 1. The zero-order chi connectivity index (χ0) is 15.5. The Labute approximate surface area is 131 Å². The van der Waals surface area contributed by atoms with E-state index in [0.717, 1.165) is 16.5 Å². The third kappa shape index (κ3) is 2.89. The third-order valence-corrected chi connectivity index (χ3v) is 4.20. The molecule has 0 spiro atoms. The number of aromatic carboxylic acids is 1. The Morgan fingerprint density at radius 2 is 2.00 bits per heavy atom. The quantitative estimate of drug-likeness (QED) is 0.890.